The average Bonchev–Trinajstić information content (AvgIpc) is 2.16. The van der Waals surface area contributed by atoms with Crippen LogP contribution in [0.2, 0.25) is 0 Å². The molecule has 0 aliphatic heterocycles. The van der Waals surface area contributed by atoms with Gasteiger partial charge in [-0.25, -0.2) is 0 Å². The average molecular weight is 181 g/mol. The molecule has 0 heterocycles. The molecule has 0 rings (SSSR count). The van der Waals surface area contributed by atoms with E-state index in [-0.39, 0.29) is 0 Å². The van der Waals surface area contributed by atoms with Crippen molar-refractivity contribution in [1.29, 1.82) is 0 Å². The monoisotopic (exact) mass is 181 g/mol. The van der Waals surface area contributed by atoms with Gasteiger partial charge >= 0.3 is 0 Å². The first kappa shape index (κ1) is 22.5. The molecule has 74 valence electrons. The van der Waals surface area contributed by atoms with Gasteiger partial charge in [0.1, 0.15) is 0 Å². The normalized spacial score (nSPS) is 5.45. The zero-order valence-corrected chi connectivity index (χ0v) is 10.3. The molecule has 0 spiro atoms. The van der Waals surface area contributed by atoms with E-state index >= 15 is 0 Å². The predicted molar refractivity (Wildman–Crippen MR) is 61.8 cm³/mol. The molecule has 1 nitrogen and oxygen atoms in total. The van der Waals surface area contributed by atoms with Gasteiger partial charge in [-0.15, -0.1) is 0 Å². The van der Waals surface area contributed by atoms with Crippen LogP contribution in [0.5, 0.6) is 0 Å². The highest BCUT2D eigenvalue weighted by molar-refractivity contribution is 7.79. The Kier molecular flexibility index (Phi) is 167. The highest BCUT2D eigenvalue weighted by Crippen LogP contribution is 1.62. The fourth-order valence-electron chi connectivity index (χ4n) is 0.250. The number of nitrogens with one attached hydrogen (secondary N) is 1. The lowest BCUT2D eigenvalue weighted by atomic mass is 10.5. The maximum absolute atomic E-state index is 3.53. The van der Waals surface area contributed by atoms with Crippen LogP contribution in [0.4, 0.5) is 0 Å². The van der Waals surface area contributed by atoms with Crippen molar-refractivity contribution in [1.82, 2.24) is 5.32 Å². The fourth-order valence-corrected chi connectivity index (χ4v) is 0.250. The van der Waals surface area contributed by atoms with E-state index in [0.29, 0.717) is 0 Å². The first-order valence-corrected chi connectivity index (χ1v) is 5.40. The molecule has 0 amide bonds. The Morgan fingerprint density at radius 2 is 1.27 bits per heavy atom. The van der Waals surface area contributed by atoms with Gasteiger partial charge < -0.3 is 5.32 Å². The molecule has 0 saturated heterocycles. The topological polar surface area (TPSA) is 12.0 Å². The Morgan fingerprint density at radius 3 is 1.27 bits per heavy atom. The molecule has 0 saturated carbocycles. The van der Waals surface area contributed by atoms with Gasteiger partial charge in [0.05, 0.1) is 0 Å². The lowest BCUT2D eigenvalue weighted by Gasteiger charge is -1.84. The predicted octanol–water partition coefficient (Wildman–Crippen LogP) is 3.21. The van der Waals surface area contributed by atoms with E-state index in [1.165, 1.54) is 6.42 Å². The highest BCUT2D eigenvalue weighted by atomic mass is 32.1. The van der Waals surface area contributed by atoms with Crippen LogP contribution in [-0.4, -0.2) is 19.8 Å². The highest BCUT2D eigenvalue weighted by Gasteiger charge is 1.64. The molecule has 2 heteroatoms. The minimum atomic E-state index is 1.14. The third-order valence-corrected chi connectivity index (χ3v) is 0.500. The summed E-state index contributed by atoms with van der Waals surface area (Å²) in [4.78, 5) is 0. The van der Waals surface area contributed by atoms with E-state index in [4.69, 9.17) is 0 Å². The molecule has 0 aliphatic rings. The summed E-state index contributed by atoms with van der Waals surface area (Å²) < 4.78 is 0. The minimum absolute atomic E-state index is 1.14. The number of thiol groups is 1. The molecule has 11 heavy (non-hydrogen) atoms. The second-order valence-electron chi connectivity index (χ2n) is 1.10. The van der Waals surface area contributed by atoms with Crippen molar-refractivity contribution < 1.29 is 0 Å². The quantitative estimate of drug-likeness (QED) is 0.623. The maximum atomic E-state index is 3.53. The van der Waals surface area contributed by atoms with Crippen molar-refractivity contribution in [3.8, 4) is 0 Å². The lowest BCUT2D eigenvalue weighted by Crippen LogP contribution is -2.04. The van der Waals surface area contributed by atoms with Gasteiger partial charge in [-0.1, -0.05) is 34.6 Å². The molecule has 0 radical (unpaired) electrons. The van der Waals surface area contributed by atoms with Crippen LogP contribution in [0.3, 0.4) is 0 Å². The van der Waals surface area contributed by atoms with Gasteiger partial charge in [0.15, 0.2) is 0 Å². The summed E-state index contributed by atoms with van der Waals surface area (Å²) in [5, 5.41) is 3.02. The summed E-state index contributed by atoms with van der Waals surface area (Å²) >= 11 is 3.53. The van der Waals surface area contributed by atoms with Crippen molar-refractivity contribution in [2.75, 3.05) is 19.8 Å². The van der Waals surface area contributed by atoms with E-state index in [9.17, 15) is 0 Å². The molecule has 0 aliphatic carbocycles. The first-order chi connectivity index (χ1) is 5.41. The summed E-state index contributed by atoms with van der Waals surface area (Å²) in [5.41, 5.74) is 0. The van der Waals surface area contributed by atoms with Gasteiger partial charge in [0, 0.05) is 0 Å². The SMILES string of the molecule is CC.CC.CCCNC.CS. The van der Waals surface area contributed by atoms with Crippen molar-refractivity contribution in [3.05, 3.63) is 0 Å². The van der Waals surface area contributed by atoms with E-state index in [1.54, 1.807) is 6.26 Å². The summed E-state index contributed by atoms with van der Waals surface area (Å²) in [6.07, 6.45) is 2.93. The van der Waals surface area contributed by atoms with Crippen LogP contribution in [-0.2, 0) is 0 Å². The Balaban J connectivity index is -0.0000000350. The number of hydrogen-bond acceptors (Lipinski definition) is 2. The Morgan fingerprint density at radius 1 is 1.00 bits per heavy atom. The second kappa shape index (κ2) is 81.6. The van der Waals surface area contributed by atoms with Crippen LogP contribution in [0.1, 0.15) is 41.0 Å². The van der Waals surface area contributed by atoms with Crippen molar-refractivity contribution in [2.45, 2.75) is 41.0 Å². The van der Waals surface area contributed by atoms with Crippen LogP contribution >= 0.6 is 12.6 Å². The van der Waals surface area contributed by atoms with E-state index in [1.807, 2.05) is 34.7 Å². The molecule has 0 atom stereocenters. The fraction of sp³-hybridized carbons (Fsp3) is 1.00. The van der Waals surface area contributed by atoms with E-state index in [2.05, 4.69) is 24.9 Å². The molecule has 1 N–H and O–H groups in total. The Labute approximate surface area is 79.4 Å². The van der Waals surface area contributed by atoms with Crippen molar-refractivity contribution >= 4 is 12.6 Å². The van der Waals surface area contributed by atoms with Gasteiger partial charge in [0.2, 0.25) is 0 Å². The molecule has 0 aromatic rings. The largest absolute Gasteiger partial charge is 0.320 e. The molecule has 0 bridgehead atoms. The Bertz CT molecular complexity index is 17.0. The zero-order valence-electron chi connectivity index (χ0n) is 9.36. The van der Waals surface area contributed by atoms with Gasteiger partial charge in [-0.2, -0.15) is 12.6 Å². The van der Waals surface area contributed by atoms with Crippen LogP contribution < -0.4 is 5.32 Å². The van der Waals surface area contributed by atoms with E-state index < -0.39 is 0 Å². The summed E-state index contributed by atoms with van der Waals surface area (Å²) in [6.45, 7) is 11.3. The summed E-state index contributed by atoms with van der Waals surface area (Å²) in [6, 6.07) is 0. The van der Waals surface area contributed by atoms with Crippen molar-refractivity contribution in [3.63, 3.8) is 0 Å². The molecular weight excluding hydrogens is 154 g/mol. The number of hydrogen-bond donors (Lipinski definition) is 2. The van der Waals surface area contributed by atoms with Crippen LogP contribution in [0.15, 0.2) is 0 Å². The van der Waals surface area contributed by atoms with Crippen molar-refractivity contribution in [2.24, 2.45) is 0 Å². The van der Waals surface area contributed by atoms with Gasteiger partial charge in [-0.3, -0.25) is 0 Å². The third kappa shape index (κ3) is 133. The molecular formula is C9H27NS. The first-order valence-electron chi connectivity index (χ1n) is 4.51. The Hall–Kier alpha value is 0.310. The molecule has 0 unspecified atom stereocenters. The minimum Gasteiger partial charge on any atom is -0.320 e. The molecule has 0 fully saturated rings. The van der Waals surface area contributed by atoms with E-state index in [0.717, 1.165) is 6.54 Å². The van der Waals surface area contributed by atoms with Gasteiger partial charge in [-0.05, 0) is 26.3 Å². The molecule has 0 aromatic carbocycles. The summed E-state index contributed by atoms with van der Waals surface area (Å²) in [5.74, 6) is 0. The second-order valence-corrected chi connectivity index (χ2v) is 1.10. The third-order valence-electron chi connectivity index (χ3n) is 0.500. The van der Waals surface area contributed by atoms with Crippen LogP contribution in [0.25, 0.3) is 0 Å². The lowest BCUT2D eigenvalue weighted by molar-refractivity contribution is 0.772. The smallest absolute Gasteiger partial charge is 0.00546 e. The van der Waals surface area contributed by atoms with Crippen LogP contribution in [0, 0.1) is 0 Å². The standard InChI is InChI=1S/C4H11N.2C2H6.CH4S/c1-3-4-5-2;3*1-2/h5H,3-4H2,1-2H3;2*1-2H3;2H,1H3. The molecule has 0 aromatic heterocycles. The maximum Gasteiger partial charge on any atom is -0.00546 e. The van der Waals surface area contributed by atoms with Gasteiger partial charge in [0.25, 0.3) is 0 Å². The summed E-state index contributed by atoms with van der Waals surface area (Å²) in [7, 11) is 1.96. The number of rotatable bonds is 2. The zero-order chi connectivity index (χ0) is 10.1.